The van der Waals surface area contributed by atoms with Crippen LogP contribution in [-0.4, -0.2) is 30.7 Å². The highest BCUT2D eigenvalue weighted by Crippen LogP contribution is 2.21. The van der Waals surface area contributed by atoms with E-state index in [4.69, 9.17) is 5.11 Å². The first-order chi connectivity index (χ1) is 7.87. The highest BCUT2D eigenvalue weighted by Gasteiger charge is 2.12. The molecular formula is C11H11NO4S. The molecule has 0 aliphatic rings. The molecule has 1 heterocycles. The number of aromatic nitrogens is 1. The molecule has 0 aliphatic carbocycles. The van der Waals surface area contributed by atoms with Gasteiger partial charge in [0.05, 0.1) is 11.3 Å². The third-order valence-corrected chi connectivity index (χ3v) is 3.27. The molecule has 0 bridgehead atoms. The molecule has 6 heteroatoms. The highest BCUT2D eigenvalue weighted by atomic mass is 32.2. The van der Waals surface area contributed by atoms with Gasteiger partial charge in [-0.15, -0.1) is 0 Å². The lowest BCUT2D eigenvalue weighted by Gasteiger charge is -1.99. The van der Waals surface area contributed by atoms with E-state index in [2.05, 4.69) is 4.98 Å². The second-order valence-corrected chi connectivity index (χ2v) is 6.09. The number of sulfone groups is 1. The molecule has 17 heavy (non-hydrogen) atoms. The zero-order chi connectivity index (χ0) is 12.6. The number of benzene rings is 1. The van der Waals surface area contributed by atoms with Gasteiger partial charge in [0, 0.05) is 23.4 Å². The van der Waals surface area contributed by atoms with Gasteiger partial charge in [-0.05, 0) is 23.8 Å². The lowest BCUT2D eigenvalue weighted by atomic mass is 10.1. The van der Waals surface area contributed by atoms with Crippen LogP contribution >= 0.6 is 0 Å². The summed E-state index contributed by atoms with van der Waals surface area (Å²) in [5.74, 6) is -1.13. The third kappa shape index (κ3) is 2.47. The summed E-state index contributed by atoms with van der Waals surface area (Å²) < 4.78 is 22.5. The molecule has 0 amide bonds. The molecule has 0 radical (unpaired) electrons. The monoisotopic (exact) mass is 253 g/mol. The predicted molar refractivity (Wildman–Crippen MR) is 63.8 cm³/mol. The number of hydrogen-bond acceptors (Lipinski definition) is 3. The van der Waals surface area contributed by atoms with Crippen molar-refractivity contribution >= 4 is 26.7 Å². The number of H-pyrrole nitrogens is 1. The summed E-state index contributed by atoms with van der Waals surface area (Å²) in [6, 6.07) is 4.59. The Hall–Kier alpha value is -1.82. The maximum atomic E-state index is 11.2. The van der Waals surface area contributed by atoms with Crippen LogP contribution in [0.1, 0.15) is 15.9 Å². The first kappa shape index (κ1) is 11.7. The Morgan fingerprint density at radius 2 is 2.12 bits per heavy atom. The maximum Gasteiger partial charge on any atom is 0.335 e. The third-order valence-electron chi connectivity index (χ3n) is 2.43. The molecule has 0 atom stereocenters. The minimum absolute atomic E-state index is 0.101. The van der Waals surface area contributed by atoms with Gasteiger partial charge in [0.25, 0.3) is 0 Å². The molecule has 1 aromatic heterocycles. The van der Waals surface area contributed by atoms with Gasteiger partial charge in [0.15, 0.2) is 9.84 Å². The lowest BCUT2D eigenvalue weighted by molar-refractivity contribution is 0.0697. The summed E-state index contributed by atoms with van der Waals surface area (Å²) in [7, 11) is -3.14. The summed E-state index contributed by atoms with van der Waals surface area (Å²) in [6.07, 6.45) is 2.74. The average molecular weight is 253 g/mol. The minimum atomic E-state index is -3.14. The summed E-state index contributed by atoms with van der Waals surface area (Å²) in [5.41, 5.74) is 1.46. The van der Waals surface area contributed by atoms with E-state index in [1.807, 2.05) is 0 Å². The molecule has 5 nitrogen and oxygen atoms in total. The van der Waals surface area contributed by atoms with Crippen LogP contribution in [0.2, 0.25) is 0 Å². The van der Waals surface area contributed by atoms with E-state index in [-0.39, 0.29) is 11.3 Å². The first-order valence-electron chi connectivity index (χ1n) is 4.88. The van der Waals surface area contributed by atoms with Crippen LogP contribution < -0.4 is 0 Å². The Labute approximate surface area is 98.0 Å². The van der Waals surface area contributed by atoms with E-state index in [0.29, 0.717) is 10.9 Å². The molecule has 2 N–H and O–H groups in total. The maximum absolute atomic E-state index is 11.2. The zero-order valence-corrected chi connectivity index (χ0v) is 9.91. The quantitative estimate of drug-likeness (QED) is 0.865. The molecule has 0 saturated heterocycles. The van der Waals surface area contributed by atoms with Gasteiger partial charge in [0.1, 0.15) is 0 Å². The second kappa shape index (κ2) is 3.89. The van der Waals surface area contributed by atoms with Crippen molar-refractivity contribution in [3.63, 3.8) is 0 Å². The number of fused-ring (bicyclic) bond motifs is 1. The fourth-order valence-corrected chi connectivity index (χ4v) is 2.52. The summed E-state index contributed by atoms with van der Waals surface area (Å²) in [5, 5.41) is 9.51. The lowest BCUT2D eigenvalue weighted by Crippen LogP contribution is -2.00. The van der Waals surface area contributed by atoms with Crippen LogP contribution in [0.5, 0.6) is 0 Å². The van der Waals surface area contributed by atoms with Crippen molar-refractivity contribution in [2.24, 2.45) is 0 Å². The van der Waals surface area contributed by atoms with E-state index in [9.17, 15) is 13.2 Å². The van der Waals surface area contributed by atoms with Gasteiger partial charge in [0.2, 0.25) is 0 Å². The Kier molecular flexibility index (Phi) is 2.66. The minimum Gasteiger partial charge on any atom is -0.478 e. The van der Waals surface area contributed by atoms with E-state index < -0.39 is 15.8 Å². The van der Waals surface area contributed by atoms with E-state index in [1.54, 1.807) is 12.3 Å². The molecule has 0 fully saturated rings. The fourth-order valence-electron chi connectivity index (χ4n) is 1.71. The standard InChI is InChI=1S/C11H11NO4S/c1-17(15,16)6-8-5-12-10-3-2-7(11(13)14)4-9(8)10/h2-5,12H,6H2,1H3,(H,13,14). The molecular weight excluding hydrogens is 242 g/mol. The number of aromatic carboxylic acids is 1. The Bertz CT molecular complexity index is 685. The number of carboxylic acid groups (broad SMARTS) is 1. The van der Waals surface area contributed by atoms with Crippen molar-refractivity contribution in [1.82, 2.24) is 4.98 Å². The summed E-state index contributed by atoms with van der Waals surface area (Å²) >= 11 is 0. The SMILES string of the molecule is CS(=O)(=O)Cc1c[nH]c2ccc(C(=O)O)cc12. The van der Waals surface area contributed by atoms with Crippen LogP contribution in [-0.2, 0) is 15.6 Å². The van der Waals surface area contributed by atoms with Crippen molar-refractivity contribution in [3.05, 3.63) is 35.5 Å². The van der Waals surface area contributed by atoms with Crippen molar-refractivity contribution in [3.8, 4) is 0 Å². The van der Waals surface area contributed by atoms with E-state index in [1.165, 1.54) is 12.1 Å². The van der Waals surface area contributed by atoms with E-state index in [0.717, 1.165) is 11.8 Å². The second-order valence-electron chi connectivity index (χ2n) is 3.95. The molecule has 0 spiro atoms. The Morgan fingerprint density at radius 3 is 2.71 bits per heavy atom. The van der Waals surface area contributed by atoms with Crippen molar-refractivity contribution < 1.29 is 18.3 Å². The van der Waals surface area contributed by atoms with Gasteiger partial charge in [-0.2, -0.15) is 0 Å². The molecule has 90 valence electrons. The largest absolute Gasteiger partial charge is 0.478 e. The van der Waals surface area contributed by atoms with Crippen LogP contribution in [0.25, 0.3) is 10.9 Å². The molecule has 0 saturated carbocycles. The first-order valence-corrected chi connectivity index (χ1v) is 6.94. The van der Waals surface area contributed by atoms with Gasteiger partial charge in [-0.1, -0.05) is 0 Å². The Balaban J connectivity index is 2.58. The fraction of sp³-hybridized carbons (Fsp3) is 0.182. The van der Waals surface area contributed by atoms with Crippen LogP contribution in [0.15, 0.2) is 24.4 Å². The van der Waals surface area contributed by atoms with Crippen molar-refractivity contribution in [2.75, 3.05) is 6.26 Å². The zero-order valence-electron chi connectivity index (χ0n) is 9.10. The van der Waals surface area contributed by atoms with E-state index >= 15 is 0 Å². The predicted octanol–water partition coefficient (Wildman–Crippen LogP) is 1.41. The molecule has 1 aromatic carbocycles. The number of rotatable bonds is 3. The molecule has 0 unspecified atom stereocenters. The molecule has 2 aromatic rings. The molecule has 2 rings (SSSR count). The van der Waals surface area contributed by atoms with Crippen LogP contribution in [0.3, 0.4) is 0 Å². The number of carboxylic acids is 1. The van der Waals surface area contributed by atoms with Gasteiger partial charge < -0.3 is 10.1 Å². The number of nitrogens with one attached hydrogen (secondary N) is 1. The number of aromatic amines is 1. The molecule has 0 aliphatic heterocycles. The topological polar surface area (TPSA) is 87.2 Å². The number of hydrogen-bond donors (Lipinski definition) is 2. The van der Waals surface area contributed by atoms with Crippen LogP contribution in [0, 0.1) is 0 Å². The van der Waals surface area contributed by atoms with Gasteiger partial charge in [-0.3, -0.25) is 0 Å². The summed E-state index contributed by atoms with van der Waals surface area (Å²) in [4.78, 5) is 13.8. The highest BCUT2D eigenvalue weighted by molar-refractivity contribution is 7.89. The van der Waals surface area contributed by atoms with Gasteiger partial charge in [-0.25, -0.2) is 13.2 Å². The summed E-state index contributed by atoms with van der Waals surface area (Å²) in [6.45, 7) is 0. The Morgan fingerprint density at radius 1 is 1.41 bits per heavy atom. The number of carbonyl (C=O) groups is 1. The van der Waals surface area contributed by atoms with Crippen molar-refractivity contribution in [1.29, 1.82) is 0 Å². The average Bonchev–Trinajstić information content (AvgIpc) is 2.58. The van der Waals surface area contributed by atoms with Crippen molar-refractivity contribution in [2.45, 2.75) is 5.75 Å². The van der Waals surface area contributed by atoms with Gasteiger partial charge >= 0.3 is 5.97 Å². The smallest absolute Gasteiger partial charge is 0.335 e. The van der Waals surface area contributed by atoms with Crippen LogP contribution in [0.4, 0.5) is 0 Å². The normalized spacial score (nSPS) is 11.8.